The molecule has 0 bridgehead atoms. The summed E-state index contributed by atoms with van der Waals surface area (Å²) in [6.07, 6.45) is 3.04. The standard InChI is InChI=1S/C16H23NO3/c1-4-10-16(5-2,17-3)15(19)13-6-8-14(9-7-13)20-12-11-18/h4,6-9,17-18H,1,5,10-12H2,2-3H3. The number of ketones is 1. The average molecular weight is 277 g/mol. The van der Waals surface area contributed by atoms with Gasteiger partial charge in [0.25, 0.3) is 0 Å². The number of aliphatic hydroxyl groups excluding tert-OH is 1. The van der Waals surface area contributed by atoms with E-state index < -0.39 is 5.54 Å². The Morgan fingerprint density at radius 1 is 1.45 bits per heavy atom. The van der Waals surface area contributed by atoms with Gasteiger partial charge in [-0.25, -0.2) is 0 Å². The van der Waals surface area contributed by atoms with Crippen molar-refractivity contribution in [1.29, 1.82) is 0 Å². The molecule has 1 unspecified atom stereocenters. The third-order valence-electron chi connectivity index (χ3n) is 3.49. The van der Waals surface area contributed by atoms with Crippen molar-refractivity contribution in [1.82, 2.24) is 5.32 Å². The number of aliphatic hydroxyl groups is 1. The van der Waals surface area contributed by atoms with Crippen LogP contribution in [0.5, 0.6) is 5.75 Å². The number of hydrogen-bond acceptors (Lipinski definition) is 4. The van der Waals surface area contributed by atoms with E-state index in [1.54, 1.807) is 37.4 Å². The van der Waals surface area contributed by atoms with Gasteiger partial charge in [-0.05, 0) is 44.2 Å². The number of nitrogens with one attached hydrogen (secondary N) is 1. The SMILES string of the molecule is C=CCC(CC)(NC)C(=O)c1ccc(OCCO)cc1. The van der Waals surface area contributed by atoms with Crippen molar-refractivity contribution in [3.8, 4) is 5.75 Å². The van der Waals surface area contributed by atoms with Gasteiger partial charge in [-0.1, -0.05) is 13.0 Å². The lowest BCUT2D eigenvalue weighted by Crippen LogP contribution is -2.49. The Hall–Kier alpha value is -1.65. The number of benzene rings is 1. The van der Waals surface area contributed by atoms with Gasteiger partial charge >= 0.3 is 0 Å². The van der Waals surface area contributed by atoms with E-state index in [2.05, 4.69) is 11.9 Å². The number of ether oxygens (including phenoxy) is 1. The van der Waals surface area contributed by atoms with Gasteiger partial charge in [-0.15, -0.1) is 6.58 Å². The van der Waals surface area contributed by atoms with E-state index in [-0.39, 0.29) is 19.0 Å². The van der Waals surface area contributed by atoms with Gasteiger partial charge in [0.05, 0.1) is 12.1 Å². The molecular formula is C16H23NO3. The molecule has 1 rings (SSSR count). The van der Waals surface area contributed by atoms with Crippen LogP contribution in [0.4, 0.5) is 0 Å². The molecule has 2 N–H and O–H groups in total. The minimum absolute atomic E-state index is 0.0291. The summed E-state index contributed by atoms with van der Waals surface area (Å²) in [7, 11) is 1.80. The molecule has 110 valence electrons. The lowest BCUT2D eigenvalue weighted by molar-refractivity contribution is 0.0854. The molecule has 4 heteroatoms. The molecule has 0 aliphatic carbocycles. The first-order valence-electron chi connectivity index (χ1n) is 6.82. The van der Waals surface area contributed by atoms with E-state index in [9.17, 15) is 4.79 Å². The average Bonchev–Trinajstić information content (AvgIpc) is 2.50. The molecule has 0 aliphatic rings. The van der Waals surface area contributed by atoms with Crippen molar-refractivity contribution in [2.45, 2.75) is 25.3 Å². The van der Waals surface area contributed by atoms with Gasteiger partial charge in [0, 0.05) is 5.56 Å². The van der Waals surface area contributed by atoms with Crippen molar-refractivity contribution < 1.29 is 14.6 Å². The second-order valence-corrected chi connectivity index (χ2v) is 4.60. The highest BCUT2D eigenvalue weighted by atomic mass is 16.5. The third kappa shape index (κ3) is 3.68. The topological polar surface area (TPSA) is 58.6 Å². The van der Waals surface area contributed by atoms with Crippen LogP contribution in [0.25, 0.3) is 0 Å². The van der Waals surface area contributed by atoms with Gasteiger partial charge in [-0.2, -0.15) is 0 Å². The number of carbonyl (C=O) groups is 1. The molecule has 0 fully saturated rings. The van der Waals surface area contributed by atoms with Crippen molar-refractivity contribution in [3.63, 3.8) is 0 Å². The largest absolute Gasteiger partial charge is 0.491 e. The maximum absolute atomic E-state index is 12.7. The second-order valence-electron chi connectivity index (χ2n) is 4.60. The molecular weight excluding hydrogens is 254 g/mol. The summed E-state index contributed by atoms with van der Waals surface area (Å²) in [6, 6.07) is 6.99. The van der Waals surface area contributed by atoms with Crippen LogP contribution in [0.3, 0.4) is 0 Å². The highest BCUT2D eigenvalue weighted by Crippen LogP contribution is 2.23. The molecule has 0 saturated carbocycles. The van der Waals surface area contributed by atoms with Crippen LogP contribution in [0.1, 0.15) is 30.1 Å². The highest BCUT2D eigenvalue weighted by Gasteiger charge is 2.34. The number of rotatable bonds is 9. The Bertz CT molecular complexity index is 436. The van der Waals surface area contributed by atoms with E-state index >= 15 is 0 Å². The Morgan fingerprint density at radius 2 is 2.10 bits per heavy atom. The Balaban J connectivity index is 2.92. The molecule has 0 heterocycles. The molecule has 1 aromatic carbocycles. The first-order valence-corrected chi connectivity index (χ1v) is 6.82. The summed E-state index contributed by atoms with van der Waals surface area (Å²) in [6.45, 7) is 5.93. The summed E-state index contributed by atoms with van der Waals surface area (Å²) in [5.41, 5.74) is 0.0364. The van der Waals surface area contributed by atoms with E-state index in [0.29, 0.717) is 24.2 Å². The summed E-state index contributed by atoms with van der Waals surface area (Å²) in [5.74, 6) is 0.696. The highest BCUT2D eigenvalue weighted by molar-refractivity contribution is 6.03. The predicted molar refractivity (Wildman–Crippen MR) is 80.2 cm³/mol. The first kappa shape index (κ1) is 16.4. The molecule has 1 atom stereocenters. The van der Waals surface area contributed by atoms with Gasteiger partial charge < -0.3 is 15.2 Å². The van der Waals surface area contributed by atoms with E-state index in [0.717, 1.165) is 0 Å². The van der Waals surface area contributed by atoms with Gasteiger partial charge in [0.1, 0.15) is 12.4 Å². The number of likely N-dealkylation sites (N-methyl/N-ethyl adjacent to an activating group) is 1. The molecule has 0 aromatic heterocycles. The molecule has 0 amide bonds. The van der Waals surface area contributed by atoms with Crippen LogP contribution < -0.4 is 10.1 Å². The molecule has 4 nitrogen and oxygen atoms in total. The number of Topliss-reactive ketones (excluding diaryl/α,β-unsaturated/α-hetero) is 1. The number of hydrogen-bond donors (Lipinski definition) is 2. The fourth-order valence-electron chi connectivity index (χ4n) is 2.18. The maximum atomic E-state index is 12.7. The minimum Gasteiger partial charge on any atom is -0.491 e. The van der Waals surface area contributed by atoms with Crippen LogP contribution >= 0.6 is 0 Å². The monoisotopic (exact) mass is 277 g/mol. The van der Waals surface area contributed by atoms with Crippen LogP contribution in [0.15, 0.2) is 36.9 Å². The van der Waals surface area contributed by atoms with Gasteiger partial charge in [-0.3, -0.25) is 4.79 Å². The van der Waals surface area contributed by atoms with Crippen LogP contribution in [-0.4, -0.2) is 36.7 Å². The summed E-state index contributed by atoms with van der Waals surface area (Å²) >= 11 is 0. The molecule has 20 heavy (non-hydrogen) atoms. The van der Waals surface area contributed by atoms with Crippen LogP contribution in [0.2, 0.25) is 0 Å². The lowest BCUT2D eigenvalue weighted by atomic mass is 9.84. The van der Waals surface area contributed by atoms with Crippen molar-refractivity contribution in [3.05, 3.63) is 42.5 Å². The fourth-order valence-corrected chi connectivity index (χ4v) is 2.18. The second kappa shape index (κ2) is 7.82. The summed E-state index contributed by atoms with van der Waals surface area (Å²) in [4.78, 5) is 12.7. The Morgan fingerprint density at radius 3 is 2.55 bits per heavy atom. The molecule has 0 aliphatic heterocycles. The quantitative estimate of drug-likeness (QED) is 0.536. The first-order chi connectivity index (χ1) is 9.63. The minimum atomic E-state index is -0.602. The smallest absolute Gasteiger partial charge is 0.183 e. The predicted octanol–water partition coefficient (Wildman–Crippen LogP) is 2.18. The van der Waals surface area contributed by atoms with Gasteiger partial charge in [0.15, 0.2) is 5.78 Å². The van der Waals surface area contributed by atoms with Crippen molar-refractivity contribution in [2.24, 2.45) is 0 Å². The van der Waals surface area contributed by atoms with E-state index in [1.165, 1.54) is 0 Å². The lowest BCUT2D eigenvalue weighted by Gasteiger charge is -2.30. The zero-order valence-corrected chi connectivity index (χ0v) is 12.2. The fraction of sp³-hybridized carbons (Fsp3) is 0.438. The van der Waals surface area contributed by atoms with Crippen LogP contribution in [0, 0.1) is 0 Å². The Labute approximate surface area is 120 Å². The van der Waals surface area contributed by atoms with Gasteiger partial charge in [0.2, 0.25) is 0 Å². The third-order valence-corrected chi connectivity index (χ3v) is 3.49. The normalized spacial score (nSPS) is 13.6. The molecule has 0 saturated heterocycles. The maximum Gasteiger partial charge on any atom is 0.183 e. The molecule has 1 aromatic rings. The Kier molecular flexibility index (Phi) is 6.42. The van der Waals surface area contributed by atoms with Crippen molar-refractivity contribution in [2.75, 3.05) is 20.3 Å². The summed E-state index contributed by atoms with van der Waals surface area (Å²) in [5, 5.41) is 11.8. The van der Waals surface area contributed by atoms with E-state index in [4.69, 9.17) is 9.84 Å². The molecule has 0 radical (unpaired) electrons. The zero-order chi connectivity index (χ0) is 15.0. The summed E-state index contributed by atoms with van der Waals surface area (Å²) < 4.78 is 5.28. The number of carbonyl (C=O) groups excluding carboxylic acids is 1. The van der Waals surface area contributed by atoms with E-state index in [1.807, 2.05) is 6.92 Å². The zero-order valence-electron chi connectivity index (χ0n) is 12.2. The van der Waals surface area contributed by atoms with Crippen molar-refractivity contribution >= 4 is 5.78 Å². The molecule has 0 spiro atoms. The van der Waals surface area contributed by atoms with Crippen LogP contribution in [-0.2, 0) is 0 Å².